The first-order valence-electron chi connectivity index (χ1n) is 7.67. The first-order valence-corrected chi connectivity index (χ1v) is 8.47. The van der Waals surface area contributed by atoms with Crippen LogP contribution in [0.15, 0.2) is 22.7 Å². The van der Waals surface area contributed by atoms with Gasteiger partial charge in [0.15, 0.2) is 11.5 Å². The highest BCUT2D eigenvalue weighted by Crippen LogP contribution is 2.57. The Morgan fingerprint density at radius 1 is 1.48 bits per heavy atom. The van der Waals surface area contributed by atoms with E-state index in [1.165, 1.54) is 11.1 Å². The molecule has 0 saturated carbocycles. The molecule has 126 valence electrons. The minimum atomic E-state index is -0.427. The number of methoxy groups -OCH3 is 1. The van der Waals surface area contributed by atoms with E-state index in [1.807, 2.05) is 12.1 Å². The van der Waals surface area contributed by atoms with Crippen molar-refractivity contribution in [3.8, 4) is 11.5 Å². The standard InChI is InChI=1S/C17H20BrNO3.BrH/c1-19-6-5-17-4-3-10(20)7-14(17)22-16-13(21-2)8-12(18)11(9-19)15(16)17;/h3-4,8,10,14,20H,5-7,9H2,1-2H3;1H. The molecule has 4 rings (SSSR count). The molecular formula is C17H21Br2NO3. The molecule has 6 heteroatoms. The van der Waals surface area contributed by atoms with Crippen molar-refractivity contribution in [3.63, 3.8) is 0 Å². The van der Waals surface area contributed by atoms with Gasteiger partial charge in [-0.05, 0) is 31.6 Å². The number of halogens is 2. The Morgan fingerprint density at radius 2 is 2.26 bits per heavy atom. The Hall–Kier alpha value is -0.560. The van der Waals surface area contributed by atoms with Gasteiger partial charge in [-0.1, -0.05) is 28.1 Å². The molecule has 3 unspecified atom stereocenters. The van der Waals surface area contributed by atoms with Gasteiger partial charge in [0.2, 0.25) is 0 Å². The van der Waals surface area contributed by atoms with E-state index in [0.29, 0.717) is 6.42 Å². The van der Waals surface area contributed by atoms with E-state index in [1.54, 1.807) is 7.11 Å². The third-order valence-electron chi connectivity index (χ3n) is 5.23. The van der Waals surface area contributed by atoms with Crippen LogP contribution in [0.2, 0.25) is 0 Å². The summed E-state index contributed by atoms with van der Waals surface area (Å²) in [4.78, 5) is 2.34. The highest BCUT2D eigenvalue weighted by Gasteiger charge is 2.53. The second-order valence-corrected chi connectivity index (χ2v) is 7.39. The maximum Gasteiger partial charge on any atom is 0.166 e. The SMILES string of the molecule is Br.COc1cc(Br)c2c3c1OC1CC(O)C=CC31CCN(C)C2. The molecule has 3 aliphatic rings. The van der Waals surface area contributed by atoms with Crippen LogP contribution in [0.4, 0.5) is 0 Å². The Labute approximate surface area is 155 Å². The normalized spacial score (nSPS) is 31.5. The molecule has 2 heterocycles. The quantitative estimate of drug-likeness (QED) is 0.672. The van der Waals surface area contributed by atoms with Gasteiger partial charge in [-0.2, -0.15) is 0 Å². The molecule has 0 saturated heterocycles. The lowest BCUT2D eigenvalue weighted by molar-refractivity contribution is 0.0821. The summed E-state index contributed by atoms with van der Waals surface area (Å²) in [6.45, 7) is 1.89. The molecule has 0 amide bonds. The zero-order valence-electron chi connectivity index (χ0n) is 13.2. The lowest BCUT2D eigenvalue weighted by atomic mass is 9.69. The van der Waals surface area contributed by atoms with E-state index in [2.05, 4.69) is 34.0 Å². The van der Waals surface area contributed by atoms with Crippen molar-refractivity contribution in [2.75, 3.05) is 20.7 Å². The Morgan fingerprint density at radius 3 is 3.00 bits per heavy atom. The third kappa shape index (κ3) is 2.46. The Bertz CT molecular complexity index is 664. The average molecular weight is 447 g/mol. The van der Waals surface area contributed by atoms with Crippen molar-refractivity contribution in [1.29, 1.82) is 0 Å². The number of nitrogens with zero attached hydrogens (tertiary/aromatic N) is 1. The first kappa shape index (κ1) is 17.3. The fourth-order valence-corrected chi connectivity index (χ4v) is 4.63. The van der Waals surface area contributed by atoms with Gasteiger partial charge in [-0.25, -0.2) is 0 Å². The number of benzene rings is 1. The van der Waals surface area contributed by atoms with Crippen LogP contribution in [0.3, 0.4) is 0 Å². The molecule has 1 aromatic carbocycles. The van der Waals surface area contributed by atoms with E-state index >= 15 is 0 Å². The Balaban J connectivity index is 0.00000156. The van der Waals surface area contributed by atoms with Crippen LogP contribution in [0.25, 0.3) is 0 Å². The third-order valence-corrected chi connectivity index (χ3v) is 5.93. The van der Waals surface area contributed by atoms with Gasteiger partial charge >= 0.3 is 0 Å². The molecule has 0 aromatic heterocycles. The number of hydrogen-bond donors (Lipinski definition) is 1. The second-order valence-electron chi connectivity index (χ2n) is 6.54. The van der Waals surface area contributed by atoms with Crippen molar-refractivity contribution in [2.24, 2.45) is 0 Å². The van der Waals surface area contributed by atoms with E-state index in [-0.39, 0.29) is 28.5 Å². The van der Waals surface area contributed by atoms with Crippen molar-refractivity contribution in [3.05, 3.63) is 33.8 Å². The van der Waals surface area contributed by atoms with Gasteiger partial charge in [0.05, 0.1) is 18.6 Å². The highest BCUT2D eigenvalue weighted by molar-refractivity contribution is 9.10. The topological polar surface area (TPSA) is 41.9 Å². The summed E-state index contributed by atoms with van der Waals surface area (Å²) < 4.78 is 12.9. The van der Waals surface area contributed by atoms with Crippen LogP contribution in [0.1, 0.15) is 24.0 Å². The van der Waals surface area contributed by atoms with Crippen molar-refractivity contribution in [1.82, 2.24) is 4.90 Å². The summed E-state index contributed by atoms with van der Waals surface area (Å²) in [6.07, 6.45) is 5.29. The first-order chi connectivity index (χ1) is 10.5. The molecule has 1 aliphatic carbocycles. The summed E-state index contributed by atoms with van der Waals surface area (Å²) in [5.41, 5.74) is 2.38. The van der Waals surface area contributed by atoms with Crippen molar-refractivity contribution in [2.45, 2.75) is 37.0 Å². The smallest absolute Gasteiger partial charge is 0.166 e. The minimum absolute atomic E-state index is 0. The van der Waals surface area contributed by atoms with E-state index in [4.69, 9.17) is 9.47 Å². The van der Waals surface area contributed by atoms with Gasteiger partial charge < -0.3 is 19.5 Å². The monoisotopic (exact) mass is 445 g/mol. The molecule has 1 aromatic rings. The fraction of sp³-hybridized carbons (Fsp3) is 0.529. The van der Waals surface area contributed by atoms with Crippen molar-refractivity contribution >= 4 is 32.9 Å². The molecule has 2 aliphatic heterocycles. The molecule has 3 atom stereocenters. The molecular weight excluding hydrogens is 426 g/mol. The highest BCUT2D eigenvalue weighted by atomic mass is 79.9. The fourth-order valence-electron chi connectivity index (χ4n) is 4.10. The van der Waals surface area contributed by atoms with Crippen LogP contribution >= 0.6 is 32.9 Å². The van der Waals surface area contributed by atoms with Gasteiger partial charge in [0.25, 0.3) is 0 Å². The Kier molecular flexibility index (Phi) is 4.55. The lowest BCUT2D eigenvalue weighted by Gasteiger charge is -2.35. The minimum Gasteiger partial charge on any atom is -0.493 e. The summed E-state index contributed by atoms with van der Waals surface area (Å²) in [5.74, 6) is 1.63. The maximum atomic E-state index is 10.0. The van der Waals surface area contributed by atoms with Crippen LogP contribution in [0, 0.1) is 0 Å². The van der Waals surface area contributed by atoms with Crippen LogP contribution in [0.5, 0.6) is 11.5 Å². The van der Waals surface area contributed by atoms with Gasteiger partial charge in [-0.15, -0.1) is 17.0 Å². The molecule has 0 radical (unpaired) electrons. The second kappa shape index (κ2) is 6.06. The maximum absolute atomic E-state index is 10.0. The largest absolute Gasteiger partial charge is 0.493 e. The summed E-state index contributed by atoms with van der Waals surface area (Å²) in [5, 5.41) is 10.0. The summed E-state index contributed by atoms with van der Waals surface area (Å²) in [7, 11) is 3.83. The molecule has 1 spiro atoms. The molecule has 0 fully saturated rings. The number of ether oxygens (including phenoxy) is 2. The zero-order valence-corrected chi connectivity index (χ0v) is 16.5. The molecule has 1 N–H and O–H groups in total. The van der Waals surface area contributed by atoms with Crippen LogP contribution < -0.4 is 9.47 Å². The summed E-state index contributed by atoms with van der Waals surface area (Å²) in [6, 6.07) is 2.00. The van der Waals surface area contributed by atoms with E-state index in [9.17, 15) is 5.11 Å². The number of aliphatic hydroxyl groups is 1. The van der Waals surface area contributed by atoms with E-state index < -0.39 is 6.10 Å². The van der Waals surface area contributed by atoms with E-state index in [0.717, 1.165) is 35.5 Å². The lowest BCUT2D eigenvalue weighted by Crippen LogP contribution is -2.42. The number of aliphatic hydroxyl groups excluding tert-OH is 1. The zero-order chi connectivity index (χ0) is 15.5. The molecule has 0 bridgehead atoms. The molecule has 4 nitrogen and oxygen atoms in total. The summed E-state index contributed by atoms with van der Waals surface area (Å²) >= 11 is 3.71. The van der Waals surface area contributed by atoms with Gasteiger partial charge in [0, 0.05) is 23.0 Å². The van der Waals surface area contributed by atoms with Gasteiger partial charge in [0.1, 0.15) is 6.10 Å². The van der Waals surface area contributed by atoms with Crippen molar-refractivity contribution < 1.29 is 14.6 Å². The van der Waals surface area contributed by atoms with Crippen LogP contribution in [-0.2, 0) is 12.0 Å². The number of hydrogen-bond acceptors (Lipinski definition) is 4. The molecule has 23 heavy (non-hydrogen) atoms. The van der Waals surface area contributed by atoms with Crippen LogP contribution in [-0.4, -0.2) is 42.9 Å². The average Bonchev–Trinajstić information content (AvgIpc) is 2.74. The van der Waals surface area contributed by atoms with Gasteiger partial charge in [-0.3, -0.25) is 0 Å². The number of rotatable bonds is 1. The predicted molar refractivity (Wildman–Crippen MR) is 97.8 cm³/mol. The predicted octanol–water partition coefficient (Wildman–Crippen LogP) is 3.19.